The summed E-state index contributed by atoms with van der Waals surface area (Å²) in [5.74, 6) is -1.11. The molecule has 0 saturated heterocycles. The zero-order chi connectivity index (χ0) is 17.4. The summed E-state index contributed by atoms with van der Waals surface area (Å²) >= 11 is 4.56. The van der Waals surface area contributed by atoms with E-state index < -0.39 is 29.0 Å². The predicted octanol–water partition coefficient (Wildman–Crippen LogP) is 2.23. The van der Waals surface area contributed by atoms with E-state index in [-0.39, 0.29) is 12.3 Å². The summed E-state index contributed by atoms with van der Waals surface area (Å²) in [5, 5.41) is 12.9. The van der Waals surface area contributed by atoms with Gasteiger partial charge in [-0.25, -0.2) is 4.99 Å². The van der Waals surface area contributed by atoms with Crippen LogP contribution in [-0.4, -0.2) is 34.7 Å². The van der Waals surface area contributed by atoms with Gasteiger partial charge in [0, 0.05) is 26.0 Å². The highest BCUT2D eigenvalue weighted by molar-refractivity contribution is 7.78. The molecule has 0 bridgehead atoms. The predicted molar refractivity (Wildman–Crippen MR) is 83.1 cm³/mol. The van der Waals surface area contributed by atoms with Gasteiger partial charge in [0.25, 0.3) is 5.69 Å². The van der Waals surface area contributed by atoms with E-state index in [0.29, 0.717) is 5.56 Å². The van der Waals surface area contributed by atoms with Gasteiger partial charge < -0.3 is 9.47 Å². The van der Waals surface area contributed by atoms with Gasteiger partial charge in [-0.2, -0.15) is 0 Å². The fraction of sp³-hybridized carbons (Fsp3) is 0.357. The molecule has 0 radical (unpaired) electrons. The van der Waals surface area contributed by atoms with Gasteiger partial charge in [-0.3, -0.25) is 19.7 Å². The van der Waals surface area contributed by atoms with Gasteiger partial charge in [0.2, 0.25) is 0 Å². The number of benzene rings is 1. The number of nitro benzene ring substituents is 1. The topological polar surface area (TPSA) is 108 Å². The number of carbonyl (C=O) groups excluding carboxylic acids is 2. The number of aliphatic imine (C=N–C) groups is 1. The van der Waals surface area contributed by atoms with E-state index in [1.165, 1.54) is 38.1 Å². The molecular formula is C14H14N2O6S. The van der Waals surface area contributed by atoms with Crippen LogP contribution in [0.25, 0.3) is 0 Å². The first kappa shape index (κ1) is 18.4. The van der Waals surface area contributed by atoms with Crippen molar-refractivity contribution in [3.05, 3.63) is 39.9 Å². The van der Waals surface area contributed by atoms with Crippen molar-refractivity contribution in [3.63, 3.8) is 0 Å². The maximum atomic E-state index is 11.3. The molecule has 0 amide bonds. The highest BCUT2D eigenvalue weighted by Gasteiger charge is 2.27. The Morgan fingerprint density at radius 1 is 1.30 bits per heavy atom. The van der Waals surface area contributed by atoms with Crippen molar-refractivity contribution in [2.45, 2.75) is 26.0 Å². The fourth-order valence-corrected chi connectivity index (χ4v) is 1.93. The third-order valence-electron chi connectivity index (χ3n) is 2.75. The number of non-ortho nitro benzene ring substituents is 1. The SMILES string of the molecule is CC(=O)OC[C@@H](N=C=S)[C@H](OC(C)=O)c1ccc([N+](=O)[O-])cc1. The number of isothiocyanates is 1. The Hall–Kier alpha value is -2.64. The number of nitrogens with zero attached hydrogens (tertiary/aromatic N) is 2. The van der Waals surface area contributed by atoms with E-state index >= 15 is 0 Å². The molecule has 2 atom stereocenters. The highest BCUT2D eigenvalue weighted by atomic mass is 32.1. The third kappa shape index (κ3) is 5.93. The Bertz CT molecular complexity index is 639. The molecule has 0 aliphatic carbocycles. The first-order valence-corrected chi connectivity index (χ1v) is 6.88. The summed E-state index contributed by atoms with van der Waals surface area (Å²) in [5.41, 5.74) is 0.349. The lowest BCUT2D eigenvalue weighted by Gasteiger charge is -2.23. The van der Waals surface area contributed by atoms with Crippen LogP contribution in [0.5, 0.6) is 0 Å². The van der Waals surface area contributed by atoms with Crippen molar-refractivity contribution in [1.82, 2.24) is 0 Å². The summed E-state index contributed by atoms with van der Waals surface area (Å²) in [6.07, 6.45) is -0.914. The maximum Gasteiger partial charge on any atom is 0.303 e. The molecule has 1 rings (SSSR count). The molecule has 0 saturated carbocycles. The number of carbonyl (C=O) groups is 2. The minimum atomic E-state index is -0.914. The van der Waals surface area contributed by atoms with Crippen molar-refractivity contribution in [2.75, 3.05) is 6.61 Å². The van der Waals surface area contributed by atoms with Gasteiger partial charge in [0.15, 0.2) is 6.10 Å². The van der Waals surface area contributed by atoms with Gasteiger partial charge in [-0.15, -0.1) is 0 Å². The lowest BCUT2D eigenvalue weighted by molar-refractivity contribution is -0.384. The van der Waals surface area contributed by atoms with Gasteiger partial charge in [0.1, 0.15) is 12.6 Å². The van der Waals surface area contributed by atoms with E-state index in [9.17, 15) is 19.7 Å². The minimum absolute atomic E-state index is 0.106. The number of ether oxygens (including phenoxy) is 2. The molecule has 9 heteroatoms. The summed E-state index contributed by atoms with van der Waals surface area (Å²) in [4.78, 5) is 36.3. The third-order valence-corrected chi connectivity index (χ3v) is 2.86. The van der Waals surface area contributed by atoms with Crippen LogP contribution in [0.15, 0.2) is 29.3 Å². The average molecular weight is 338 g/mol. The molecule has 23 heavy (non-hydrogen) atoms. The number of esters is 2. The van der Waals surface area contributed by atoms with Gasteiger partial charge in [0.05, 0.1) is 10.1 Å². The van der Waals surface area contributed by atoms with E-state index in [1.54, 1.807) is 0 Å². The Morgan fingerprint density at radius 3 is 2.35 bits per heavy atom. The van der Waals surface area contributed by atoms with Gasteiger partial charge >= 0.3 is 11.9 Å². The van der Waals surface area contributed by atoms with Crippen LogP contribution in [0.1, 0.15) is 25.5 Å². The van der Waals surface area contributed by atoms with Crippen LogP contribution >= 0.6 is 12.2 Å². The molecule has 0 unspecified atom stereocenters. The number of thiocarbonyl (C=S) groups is 1. The van der Waals surface area contributed by atoms with Gasteiger partial charge in [-0.05, 0) is 29.9 Å². The largest absolute Gasteiger partial charge is 0.463 e. The first-order chi connectivity index (χ1) is 10.8. The van der Waals surface area contributed by atoms with E-state index in [2.05, 4.69) is 22.4 Å². The molecule has 8 nitrogen and oxygen atoms in total. The molecule has 1 aromatic rings. The van der Waals surface area contributed by atoms with E-state index in [1.807, 2.05) is 0 Å². The number of nitro groups is 1. The van der Waals surface area contributed by atoms with Crippen LogP contribution in [0.3, 0.4) is 0 Å². The van der Waals surface area contributed by atoms with E-state index in [0.717, 1.165) is 0 Å². The Kier molecular flexibility index (Phi) is 6.98. The van der Waals surface area contributed by atoms with E-state index in [4.69, 9.17) is 9.47 Å². The second-order valence-corrected chi connectivity index (χ2v) is 4.65. The van der Waals surface area contributed by atoms with Crippen molar-refractivity contribution < 1.29 is 24.0 Å². The monoisotopic (exact) mass is 338 g/mol. The minimum Gasteiger partial charge on any atom is -0.463 e. The Morgan fingerprint density at radius 2 is 1.91 bits per heavy atom. The van der Waals surface area contributed by atoms with Crippen molar-refractivity contribution in [3.8, 4) is 0 Å². The summed E-state index contributed by atoms with van der Waals surface area (Å²) < 4.78 is 10.1. The number of hydrogen-bond acceptors (Lipinski definition) is 8. The van der Waals surface area contributed by atoms with Crippen LogP contribution in [0, 0.1) is 10.1 Å². The molecule has 1 aromatic carbocycles. The van der Waals surface area contributed by atoms with Crippen LogP contribution in [0.2, 0.25) is 0 Å². The Labute approximate surface area is 137 Å². The smallest absolute Gasteiger partial charge is 0.303 e. The lowest BCUT2D eigenvalue weighted by Crippen LogP contribution is -2.27. The molecule has 0 N–H and O–H groups in total. The molecule has 0 spiro atoms. The van der Waals surface area contributed by atoms with Crippen molar-refractivity contribution in [1.29, 1.82) is 0 Å². The van der Waals surface area contributed by atoms with Crippen LogP contribution in [-0.2, 0) is 19.1 Å². The lowest BCUT2D eigenvalue weighted by atomic mass is 10.0. The second-order valence-electron chi connectivity index (χ2n) is 4.47. The fourth-order valence-electron chi connectivity index (χ4n) is 1.80. The zero-order valence-corrected chi connectivity index (χ0v) is 13.2. The second kappa shape index (κ2) is 8.72. The number of hydrogen-bond donors (Lipinski definition) is 0. The quantitative estimate of drug-likeness (QED) is 0.246. The summed E-state index contributed by atoms with van der Waals surface area (Å²) in [6.45, 7) is 2.27. The van der Waals surface area contributed by atoms with Crippen LogP contribution in [0.4, 0.5) is 5.69 Å². The highest BCUT2D eigenvalue weighted by Crippen LogP contribution is 2.26. The first-order valence-electron chi connectivity index (χ1n) is 6.47. The zero-order valence-electron chi connectivity index (χ0n) is 12.4. The standard InChI is InChI=1S/C14H14N2O6S/c1-9(17)21-7-13(15-8-23)14(22-10(2)18)11-3-5-12(6-4-11)16(19)20/h3-6,13-14H,7H2,1-2H3/t13-,14-/m1/s1. The van der Waals surface area contributed by atoms with Crippen LogP contribution < -0.4 is 0 Å². The molecule has 0 fully saturated rings. The molecule has 0 aromatic heterocycles. The van der Waals surface area contributed by atoms with Crippen molar-refractivity contribution >= 4 is 35.0 Å². The summed E-state index contributed by atoms with van der Waals surface area (Å²) in [7, 11) is 0. The Balaban J connectivity index is 3.13. The average Bonchev–Trinajstić information content (AvgIpc) is 2.49. The normalized spacial score (nSPS) is 12.4. The molecular weight excluding hydrogens is 324 g/mol. The number of rotatable bonds is 7. The molecule has 122 valence electrons. The maximum absolute atomic E-state index is 11.3. The van der Waals surface area contributed by atoms with Gasteiger partial charge in [-0.1, -0.05) is 0 Å². The van der Waals surface area contributed by atoms with Crippen molar-refractivity contribution in [2.24, 2.45) is 4.99 Å². The molecule has 0 aliphatic rings. The molecule has 0 aliphatic heterocycles. The molecule has 0 heterocycles. The summed E-state index contributed by atoms with van der Waals surface area (Å²) in [6, 6.07) is 4.62.